The van der Waals surface area contributed by atoms with Crippen molar-refractivity contribution in [1.82, 2.24) is 0 Å². The molecule has 6 aromatic carbocycles. The van der Waals surface area contributed by atoms with Gasteiger partial charge in [-0.25, -0.2) is 19.2 Å². The quantitative estimate of drug-likeness (QED) is 0.0241. The zero-order valence-electron chi connectivity index (χ0n) is 46.0. The molecule has 0 radical (unpaired) electrons. The molecule has 8 nitrogen and oxygen atoms in total. The van der Waals surface area contributed by atoms with Crippen molar-refractivity contribution < 1.29 is 38.1 Å². The fraction of sp³-hybridized carbons (Fsp3) is 0.403. The first-order valence-electron chi connectivity index (χ1n) is 28.3. The maximum Gasteiger partial charge on any atom is 0.345 e. The van der Waals surface area contributed by atoms with Crippen LogP contribution in [0.4, 0.5) is 0 Å². The molecule has 0 spiro atoms. The van der Waals surface area contributed by atoms with Crippen LogP contribution in [0.15, 0.2) is 133 Å². The first kappa shape index (κ1) is 61.6. The summed E-state index contributed by atoms with van der Waals surface area (Å²) in [6, 6.07) is 39.2. The molecule has 0 bridgehead atoms. The molecule has 0 heterocycles. The van der Waals surface area contributed by atoms with E-state index in [0.717, 1.165) is 44.9 Å². The van der Waals surface area contributed by atoms with Crippen LogP contribution in [0.5, 0.6) is 23.0 Å². The summed E-state index contributed by atoms with van der Waals surface area (Å²) < 4.78 is 22.0. The van der Waals surface area contributed by atoms with Crippen LogP contribution in [0, 0.1) is 0 Å². The molecule has 0 atom stereocenters. The van der Waals surface area contributed by atoms with Crippen LogP contribution in [-0.2, 0) is 25.7 Å². The van der Waals surface area contributed by atoms with Crippen molar-refractivity contribution in [2.45, 2.75) is 175 Å². The molecule has 10 heteroatoms. The number of ether oxygens (including phenoxy) is 4. The second kappa shape index (κ2) is 35.2. The number of benzene rings is 6. The van der Waals surface area contributed by atoms with Crippen molar-refractivity contribution in [3.63, 3.8) is 0 Å². The average molecular weight is 1080 g/mol. The SMILES string of the molecule is CCCCCCCCCCc1ccc(OC(=O)c2ccc(OC(=O)c3ccc(CCCCCCC)cc3)cc2Cl)cc1.CCCCCc1ccc(OC(=O)c2ccc(OC(=O)c3ccc(CCCCC)cc3)cc2Cl)cc1. The molecule has 0 saturated heterocycles. The molecule has 0 aliphatic heterocycles. The van der Waals surface area contributed by atoms with Crippen molar-refractivity contribution >= 4 is 47.1 Å². The van der Waals surface area contributed by atoms with Gasteiger partial charge in [0.2, 0.25) is 0 Å². The molecule has 0 aromatic heterocycles. The summed E-state index contributed by atoms with van der Waals surface area (Å²) in [4.78, 5) is 50.5. The summed E-state index contributed by atoms with van der Waals surface area (Å²) in [6.07, 6.45) is 27.6. The first-order valence-corrected chi connectivity index (χ1v) is 29.1. The topological polar surface area (TPSA) is 105 Å². The zero-order chi connectivity index (χ0) is 55.0. The fourth-order valence-electron chi connectivity index (χ4n) is 8.72. The Morgan fingerprint density at radius 1 is 0.299 bits per heavy atom. The lowest BCUT2D eigenvalue weighted by molar-refractivity contribution is 0.0720. The van der Waals surface area contributed by atoms with Crippen LogP contribution in [0.3, 0.4) is 0 Å². The number of aryl methyl sites for hydroxylation is 4. The van der Waals surface area contributed by atoms with Gasteiger partial charge in [0.1, 0.15) is 23.0 Å². The molecule has 0 fully saturated rings. The maximum atomic E-state index is 12.8. The minimum atomic E-state index is -0.565. The summed E-state index contributed by atoms with van der Waals surface area (Å²) in [5.41, 5.74) is 6.21. The third kappa shape index (κ3) is 22.7. The highest BCUT2D eigenvalue weighted by molar-refractivity contribution is 6.34. The molecule has 0 aliphatic rings. The van der Waals surface area contributed by atoms with Gasteiger partial charge in [-0.1, -0.05) is 196 Å². The Morgan fingerprint density at radius 2 is 0.545 bits per heavy atom. The van der Waals surface area contributed by atoms with Gasteiger partial charge in [0.05, 0.1) is 32.3 Å². The molecular weight excluding hydrogens is 1000 g/mol. The van der Waals surface area contributed by atoms with Gasteiger partial charge in [-0.3, -0.25) is 0 Å². The summed E-state index contributed by atoms with van der Waals surface area (Å²) in [5, 5.41) is 0.317. The van der Waals surface area contributed by atoms with Gasteiger partial charge < -0.3 is 18.9 Å². The van der Waals surface area contributed by atoms with E-state index in [1.807, 2.05) is 60.7 Å². The predicted octanol–water partition coefficient (Wildman–Crippen LogP) is 19.2. The van der Waals surface area contributed by atoms with Gasteiger partial charge >= 0.3 is 23.9 Å². The van der Waals surface area contributed by atoms with Crippen molar-refractivity contribution in [2.24, 2.45) is 0 Å². The Bertz CT molecular complexity index is 2700. The van der Waals surface area contributed by atoms with E-state index in [0.29, 0.717) is 22.6 Å². The smallest absolute Gasteiger partial charge is 0.345 e. The van der Waals surface area contributed by atoms with Gasteiger partial charge in [-0.2, -0.15) is 0 Å². The highest BCUT2D eigenvalue weighted by Gasteiger charge is 2.18. The molecule has 0 amide bonds. The van der Waals surface area contributed by atoms with Crippen molar-refractivity contribution in [3.05, 3.63) is 188 Å². The lowest BCUT2D eigenvalue weighted by Gasteiger charge is -2.09. The van der Waals surface area contributed by atoms with Gasteiger partial charge in [0.25, 0.3) is 0 Å². The van der Waals surface area contributed by atoms with Gasteiger partial charge in [0.15, 0.2) is 0 Å². The minimum absolute atomic E-state index is 0.155. The summed E-state index contributed by atoms with van der Waals surface area (Å²) in [7, 11) is 0. The number of carbonyl (C=O) groups excluding carboxylic acids is 4. The Kier molecular flexibility index (Phi) is 28.2. The van der Waals surface area contributed by atoms with Crippen molar-refractivity contribution in [1.29, 1.82) is 0 Å². The van der Waals surface area contributed by atoms with E-state index in [1.54, 1.807) is 42.5 Å². The van der Waals surface area contributed by atoms with Gasteiger partial charge in [-0.15, -0.1) is 0 Å². The Hall–Kier alpha value is -6.22. The Morgan fingerprint density at radius 3 is 0.857 bits per heavy atom. The van der Waals surface area contributed by atoms with E-state index in [1.165, 1.54) is 155 Å². The number of carbonyl (C=O) groups is 4. The standard InChI is InChI=1S/C37H47ClO4.C30H33ClO4/c1-3-5-7-9-10-11-13-15-17-30-20-24-32(25-21-30)41-37(40)34-27-26-33(28-35(34)38)42-36(39)31-22-18-29(19-23-31)16-14-12-8-6-4-2;1-3-5-7-9-22-11-15-24(16-12-22)29(32)35-26-19-20-27(28(31)21-26)30(33)34-25-17-13-23(14-18-25)10-8-6-4-2/h18-28H,3-17H2,1-2H3;11-21H,3-10H2,1-2H3. The number of hydrogen-bond acceptors (Lipinski definition) is 8. The summed E-state index contributed by atoms with van der Waals surface area (Å²) in [6.45, 7) is 8.81. The number of hydrogen-bond donors (Lipinski definition) is 0. The highest BCUT2D eigenvalue weighted by atomic mass is 35.5. The molecule has 0 N–H and O–H groups in total. The average Bonchev–Trinajstić information content (AvgIpc) is 3.43. The third-order valence-corrected chi connectivity index (χ3v) is 14.0. The largest absolute Gasteiger partial charge is 0.423 e. The third-order valence-electron chi connectivity index (χ3n) is 13.4. The maximum absolute atomic E-state index is 12.8. The van der Waals surface area contributed by atoms with Crippen LogP contribution in [0.1, 0.15) is 213 Å². The molecule has 6 aromatic rings. The van der Waals surface area contributed by atoms with Crippen molar-refractivity contribution in [2.75, 3.05) is 0 Å². The van der Waals surface area contributed by atoms with Crippen LogP contribution in [0.25, 0.3) is 0 Å². The van der Waals surface area contributed by atoms with E-state index in [-0.39, 0.29) is 32.7 Å². The molecule has 0 saturated carbocycles. The fourth-order valence-corrected chi connectivity index (χ4v) is 9.22. The lowest BCUT2D eigenvalue weighted by Crippen LogP contribution is -2.11. The second-order valence-corrected chi connectivity index (χ2v) is 20.6. The number of unbranched alkanes of at least 4 members (excludes halogenated alkanes) is 15. The molecule has 410 valence electrons. The number of rotatable bonds is 31. The number of esters is 4. The first-order chi connectivity index (χ1) is 37.5. The van der Waals surface area contributed by atoms with E-state index in [2.05, 4.69) is 27.7 Å². The lowest BCUT2D eigenvalue weighted by atomic mass is 10.0. The summed E-state index contributed by atoms with van der Waals surface area (Å²) in [5.74, 6) is -0.607. The number of halogens is 2. The van der Waals surface area contributed by atoms with Gasteiger partial charge in [-0.05, 0) is 146 Å². The van der Waals surface area contributed by atoms with Gasteiger partial charge in [0, 0.05) is 12.1 Å². The monoisotopic (exact) mass is 1080 g/mol. The molecule has 6 rings (SSSR count). The summed E-state index contributed by atoms with van der Waals surface area (Å²) >= 11 is 12.7. The molecular formula is C67H80Cl2O8. The Balaban J connectivity index is 0.000000289. The normalized spacial score (nSPS) is 10.8. The van der Waals surface area contributed by atoms with E-state index in [4.69, 9.17) is 42.1 Å². The second-order valence-electron chi connectivity index (χ2n) is 19.8. The van der Waals surface area contributed by atoms with E-state index < -0.39 is 23.9 Å². The van der Waals surface area contributed by atoms with Crippen molar-refractivity contribution in [3.8, 4) is 23.0 Å². The van der Waals surface area contributed by atoms with Crippen LogP contribution in [0.2, 0.25) is 10.0 Å². The Labute approximate surface area is 469 Å². The van der Waals surface area contributed by atoms with E-state index in [9.17, 15) is 19.2 Å². The molecule has 0 aliphatic carbocycles. The van der Waals surface area contributed by atoms with Crippen LogP contribution in [-0.4, -0.2) is 23.9 Å². The van der Waals surface area contributed by atoms with Crippen LogP contribution < -0.4 is 18.9 Å². The zero-order valence-corrected chi connectivity index (χ0v) is 47.5. The molecule has 77 heavy (non-hydrogen) atoms. The predicted molar refractivity (Wildman–Crippen MR) is 314 cm³/mol. The van der Waals surface area contributed by atoms with Crippen LogP contribution >= 0.6 is 23.2 Å². The van der Waals surface area contributed by atoms with E-state index >= 15 is 0 Å². The molecule has 0 unspecified atom stereocenters. The highest BCUT2D eigenvalue weighted by Crippen LogP contribution is 2.28. The minimum Gasteiger partial charge on any atom is -0.423 e.